The van der Waals surface area contributed by atoms with Crippen LogP contribution in [0.3, 0.4) is 0 Å². The van der Waals surface area contributed by atoms with Gasteiger partial charge in [0.05, 0.1) is 31.3 Å². The molecule has 48 heavy (non-hydrogen) atoms. The van der Waals surface area contributed by atoms with Crippen molar-refractivity contribution >= 4 is 34.1 Å². The lowest BCUT2D eigenvalue weighted by atomic mass is 9.60. The number of halogens is 2. The van der Waals surface area contributed by atoms with Gasteiger partial charge in [0.1, 0.15) is 12.1 Å². The van der Waals surface area contributed by atoms with E-state index in [1.807, 2.05) is 12.1 Å². The van der Waals surface area contributed by atoms with Crippen LogP contribution in [-0.2, 0) is 11.2 Å². The van der Waals surface area contributed by atoms with E-state index in [2.05, 4.69) is 91.1 Å². The predicted molar refractivity (Wildman–Crippen MR) is 186 cm³/mol. The molecule has 12 heteroatoms. The fraction of sp³-hybridized carbons (Fsp3) is 0.500. The number of aromatic nitrogens is 4. The van der Waals surface area contributed by atoms with Gasteiger partial charge in [0.2, 0.25) is 5.91 Å². The minimum absolute atomic E-state index is 0.0270. The van der Waals surface area contributed by atoms with Crippen LogP contribution in [-0.4, -0.2) is 63.3 Å². The van der Waals surface area contributed by atoms with Crippen molar-refractivity contribution in [2.45, 2.75) is 80.2 Å². The van der Waals surface area contributed by atoms with E-state index >= 15 is 0 Å². The monoisotopic (exact) mass is 665 g/mol. The number of hydrogen-bond donors (Lipinski definition) is 3. The Bertz CT molecular complexity index is 1700. The molecular weight excluding hydrogens is 616 g/mol. The van der Waals surface area contributed by atoms with E-state index in [0.29, 0.717) is 46.3 Å². The molecule has 0 aliphatic rings. The Kier molecular flexibility index (Phi) is 11.3. The van der Waals surface area contributed by atoms with E-state index in [0.717, 1.165) is 32.0 Å². The summed E-state index contributed by atoms with van der Waals surface area (Å²) in [5.74, 6) is -0.665. The number of nitrogens with zero attached hydrogens (tertiary/aromatic N) is 4. The Labute approximate surface area is 282 Å². The Morgan fingerprint density at radius 3 is 2.38 bits per heavy atom. The van der Waals surface area contributed by atoms with Gasteiger partial charge >= 0.3 is 0 Å². The molecule has 1 amide bonds. The number of methoxy groups -OCH3 is 1. The van der Waals surface area contributed by atoms with Crippen LogP contribution in [0, 0.1) is 22.5 Å². The van der Waals surface area contributed by atoms with Crippen molar-refractivity contribution in [3.8, 4) is 11.5 Å². The number of H-pyrrole nitrogens is 1. The third-order valence-electron chi connectivity index (χ3n) is 9.25. The molecule has 0 unspecified atom stereocenters. The molecule has 0 radical (unpaired) electrons. The minimum atomic E-state index is -1.11. The molecule has 0 aliphatic carbocycles. The second-order valence-corrected chi connectivity index (χ2v) is 14.2. The summed E-state index contributed by atoms with van der Waals surface area (Å²) in [6, 6.07) is 8.89. The van der Waals surface area contributed by atoms with E-state index in [1.54, 1.807) is 13.2 Å². The van der Waals surface area contributed by atoms with Gasteiger partial charge in [-0.15, -0.1) is 0 Å². The largest absolute Gasteiger partial charge is 0.493 e. The number of ether oxygens (including phenoxy) is 2. The van der Waals surface area contributed by atoms with Gasteiger partial charge in [-0.2, -0.15) is 5.10 Å². The standard InChI is InChI=1S/C36H49F2N7O3/c1-10-15-45(36(8,34(2,3)4)35(5,6)7)16-12-17-48-29-21-27-24(20-28(29)47-9)33(40-22-39-27)42-30-18-23(43-44-30)19-31(46)41-26-14-11-13-25(37)32(26)38/h11,13-14,18,20-22H,10,12,15-17,19H2,1-9H3,(H,41,46)(H2,39,40,42,43,44). The average molecular weight is 666 g/mol. The van der Waals surface area contributed by atoms with Crippen molar-refractivity contribution in [1.29, 1.82) is 0 Å². The summed E-state index contributed by atoms with van der Waals surface area (Å²) in [6.45, 7) is 21.0. The van der Waals surface area contributed by atoms with Crippen LogP contribution in [0.4, 0.5) is 26.1 Å². The molecule has 2 aromatic carbocycles. The molecule has 4 aromatic rings. The highest BCUT2D eigenvalue weighted by Gasteiger charge is 2.50. The summed E-state index contributed by atoms with van der Waals surface area (Å²) < 4.78 is 39.4. The normalized spacial score (nSPS) is 12.4. The van der Waals surface area contributed by atoms with Crippen molar-refractivity contribution < 1.29 is 23.0 Å². The molecule has 0 fully saturated rings. The number of anilines is 3. The van der Waals surface area contributed by atoms with Crippen LogP contribution in [0.5, 0.6) is 11.5 Å². The fourth-order valence-corrected chi connectivity index (χ4v) is 6.38. The van der Waals surface area contributed by atoms with E-state index in [4.69, 9.17) is 9.47 Å². The maximum absolute atomic E-state index is 13.9. The van der Waals surface area contributed by atoms with Crippen LogP contribution >= 0.6 is 0 Å². The minimum Gasteiger partial charge on any atom is -0.493 e. The van der Waals surface area contributed by atoms with E-state index in [1.165, 1.54) is 18.5 Å². The van der Waals surface area contributed by atoms with Crippen molar-refractivity contribution in [3.05, 3.63) is 60.1 Å². The van der Waals surface area contributed by atoms with Gasteiger partial charge in [-0.3, -0.25) is 14.8 Å². The third-order valence-corrected chi connectivity index (χ3v) is 9.25. The number of carbonyl (C=O) groups is 1. The molecule has 0 atom stereocenters. The Hall–Kier alpha value is -4.32. The Morgan fingerprint density at radius 1 is 0.979 bits per heavy atom. The van der Waals surface area contributed by atoms with Gasteiger partial charge in [0, 0.05) is 35.3 Å². The molecule has 0 saturated heterocycles. The molecule has 2 aromatic heterocycles. The maximum atomic E-state index is 13.9. The van der Waals surface area contributed by atoms with Crippen molar-refractivity contribution in [2.75, 3.05) is 37.4 Å². The Balaban J connectivity index is 1.43. The lowest BCUT2D eigenvalue weighted by Gasteiger charge is -2.58. The molecule has 0 spiro atoms. The van der Waals surface area contributed by atoms with Crippen LogP contribution in [0.15, 0.2) is 42.7 Å². The zero-order chi connectivity index (χ0) is 35.3. The van der Waals surface area contributed by atoms with Gasteiger partial charge in [0.25, 0.3) is 0 Å². The number of hydrogen-bond acceptors (Lipinski definition) is 8. The van der Waals surface area contributed by atoms with Crippen LogP contribution < -0.4 is 20.1 Å². The highest BCUT2D eigenvalue weighted by Crippen LogP contribution is 2.48. The molecule has 2 heterocycles. The summed E-state index contributed by atoms with van der Waals surface area (Å²) in [5.41, 5.74) is 1.000. The zero-order valence-electron chi connectivity index (χ0n) is 29.6. The summed E-state index contributed by atoms with van der Waals surface area (Å²) in [5, 5.41) is 13.2. The number of aromatic amines is 1. The smallest absolute Gasteiger partial charge is 0.230 e. The number of benzene rings is 2. The highest BCUT2D eigenvalue weighted by molar-refractivity contribution is 5.93. The van der Waals surface area contributed by atoms with Gasteiger partial charge in [-0.1, -0.05) is 54.5 Å². The molecule has 0 aliphatic heterocycles. The summed E-state index contributed by atoms with van der Waals surface area (Å²) in [7, 11) is 1.59. The van der Waals surface area contributed by atoms with Crippen molar-refractivity contribution in [3.63, 3.8) is 0 Å². The van der Waals surface area contributed by atoms with Crippen LogP contribution in [0.2, 0.25) is 0 Å². The molecule has 10 nitrogen and oxygen atoms in total. The molecule has 4 rings (SSSR count). The SMILES string of the molecule is CCCN(CCCOc1cc2ncnc(Nc3cc(CC(=O)Nc4cccc(F)c4F)[nH]n3)c2cc1OC)C(C)(C(C)(C)C)C(C)(C)C. The zero-order valence-corrected chi connectivity index (χ0v) is 29.6. The van der Waals surface area contributed by atoms with E-state index in [9.17, 15) is 13.6 Å². The number of rotatable bonds is 14. The predicted octanol–water partition coefficient (Wildman–Crippen LogP) is 7.90. The second-order valence-electron chi connectivity index (χ2n) is 14.2. The Morgan fingerprint density at radius 2 is 1.71 bits per heavy atom. The quantitative estimate of drug-likeness (QED) is 0.116. The molecular formula is C36H49F2N7O3. The lowest BCUT2D eigenvalue weighted by molar-refractivity contribution is -0.115. The fourth-order valence-electron chi connectivity index (χ4n) is 6.38. The molecule has 260 valence electrons. The second kappa shape index (κ2) is 14.8. The highest BCUT2D eigenvalue weighted by atomic mass is 19.2. The van der Waals surface area contributed by atoms with Gasteiger partial charge in [-0.05, 0) is 55.3 Å². The van der Waals surface area contributed by atoms with Gasteiger partial charge < -0.3 is 20.1 Å². The van der Waals surface area contributed by atoms with Crippen molar-refractivity contribution in [1.82, 2.24) is 25.1 Å². The van der Waals surface area contributed by atoms with Gasteiger partial charge in [-0.25, -0.2) is 18.7 Å². The number of nitrogens with one attached hydrogen (secondary N) is 3. The first-order chi connectivity index (χ1) is 22.6. The van der Waals surface area contributed by atoms with E-state index in [-0.39, 0.29) is 28.5 Å². The first-order valence-electron chi connectivity index (χ1n) is 16.3. The lowest BCUT2D eigenvalue weighted by Crippen LogP contribution is -2.63. The van der Waals surface area contributed by atoms with E-state index < -0.39 is 17.5 Å². The first kappa shape index (κ1) is 36.5. The molecule has 0 bridgehead atoms. The van der Waals surface area contributed by atoms with Gasteiger partial charge in [0.15, 0.2) is 29.0 Å². The van der Waals surface area contributed by atoms with Crippen LogP contribution in [0.1, 0.15) is 73.9 Å². The van der Waals surface area contributed by atoms with Crippen molar-refractivity contribution in [2.24, 2.45) is 10.8 Å². The number of amides is 1. The summed E-state index contributed by atoms with van der Waals surface area (Å²) in [4.78, 5) is 23.9. The topological polar surface area (TPSA) is 117 Å². The first-order valence-corrected chi connectivity index (χ1v) is 16.3. The number of fused-ring (bicyclic) bond motifs is 1. The average Bonchev–Trinajstić information content (AvgIpc) is 3.45. The summed E-state index contributed by atoms with van der Waals surface area (Å²) >= 11 is 0. The summed E-state index contributed by atoms with van der Waals surface area (Å²) in [6.07, 6.45) is 3.23. The molecule has 3 N–H and O–H groups in total. The maximum Gasteiger partial charge on any atom is 0.230 e. The van der Waals surface area contributed by atoms with Crippen LogP contribution in [0.25, 0.3) is 10.9 Å². The number of carbonyl (C=O) groups excluding carboxylic acids is 1. The molecule has 0 saturated carbocycles. The third kappa shape index (κ3) is 8.03.